The van der Waals surface area contributed by atoms with Gasteiger partial charge in [0.15, 0.2) is 0 Å². The molecule has 90 valence electrons. The molecule has 3 nitrogen and oxygen atoms in total. The second-order valence-electron chi connectivity index (χ2n) is 3.72. The molecule has 0 aliphatic heterocycles. The fourth-order valence-electron chi connectivity index (χ4n) is 1.78. The zero-order valence-corrected chi connectivity index (χ0v) is 12.6. The van der Waals surface area contributed by atoms with Gasteiger partial charge in [0, 0.05) is 21.7 Å². The summed E-state index contributed by atoms with van der Waals surface area (Å²) in [5.41, 5.74) is 8.36. The summed E-state index contributed by atoms with van der Waals surface area (Å²) in [6.45, 7) is 2.88. The van der Waals surface area contributed by atoms with Crippen LogP contribution in [0.3, 0.4) is 0 Å². The van der Waals surface area contributed by atoms with Crippen LogP contribution in [0.25, 0.3) is 0 Å². The lowest BCUT2D eigenvalue weighted by molar-refractivity contribution is 0.600. The zero-order chi connectivity index (χ0) is 12.4. The van der Waals surface area contributed by atoms with Crippen molar-refractivity contribution >= 4 is 31.9 Å². The van der Waals surface area contributed by atoms with Crippen molar-refractivity contribution in [3.05, 3.63) is 50.7 Å². The number of halogens is 2. The van der Waals surface area contributed by atoms with Gasteiger partial charge in [0.05, 0.1) is 11.7 Å². The molecule has 2 rings (SSSR count). The maximum atomic E-state index is 6.28. The van der Waals surface area contributed by atoms with Crippen LogP contribution >= 0.6 is 31.9 Å². The lowest BCUT2D eigenvalue weighted by atomic mass is 10.0. The van der Waals surface area contributed by atoms with Crippen molar-refractivity contribution < 1.29 is 0 Å². The molecule has 0 aliphatic rings. The Morgan fingerprint density at radius 1 is 1.35 bits per heavy atom. The zero-order valence-electron chi connectivity index (χ0n) is 9.40. The van der Waals surface area contributed by atoms with Gasteiger partial charge in [-0.1, -0.05) is 37.9 Å². The number of aryl methyl sites for hydroxylation is 1. The van der Waals surface area contributed by atoms with E-state index in [9.17, 15) is 0 Å². The fourth-order valence-corrected chi connectivity index (χ4v) is 3.08. The van der Waals surface area contributed by atoms with Crippen molar-refractivity contribution in [3.63, 3.8) is 0 Å². The lowest BCUT2D eigenvalue weighted by Gasteiger charge is -2.15. The minimum atomic E-state index is -0.167. The highest BCUT2D eigenvalue weighted by Gasteiger charge is 2.15. The molecule has 1 aromatic carbocycles. The van der Waals surface area contributed by atoms with Gasteiger partial charge in [-0.3, -0.25) is 4.68 Å². The smallest absolute Gasteiger partial charge is 0.0734 e. The summed E-state index contributed by atoms with van der Waals surface area (Å²) in [4.78, 5) is 0. The second-order valence-corrected chi connectivity index (χ2v) is 5.49. The summed E-state index contributed by atoms with van der Waals surface area (Å²) in [7, 11) is 0. The first-order chi connectivity index (χ1) is 8.13. The summed E-state index contributed by atoms with van der Waals surface area (Å²) < 4.78 is 3.95. The molecule has 0 radical (unpaired) electrons. The molecule has 17 heavy (non-hydrogen) atoms. The van der Waals surface area contributed by atoms with E-state index in [1.165, 1.54) is 0 Å². The highest BCUT2D eigenvalue weighted by Crippen LogP contribution is 2.29. The van der Waals surface area contributed by atoms with E-state index in [-0.39, 0.29) is 6.04 Å². The van der Waals surface area contributed by atoms with Gasteiger partial charge in [-0.05, 0) is 30.7 Å². The van der Waals surface area contributed by atoms with Crippen molar-refractivity contribution in [1.82, 2.24) is 9.78 Å². The van der Waals surface area contributed by atoms with Gasteiger partial charge in [-0.25, -0.2) is 0 Å². The predicted molar refractivity (Wildman–Crippen MR) is 75.8 cm³/mol. The van der Waals surface area contributed by atoms with Gasteiger partial charge >= 0.3 is 0 Å². The molecule has 1 heterocycles. The average molecular weight is 359 g/mol. The van der Waals surface area contributed by atoms with Crippen molar-refractivity contribution in [2.24, 2.45) is 5.73 Å². The summed E-state index contributed by atoms with van der Waals surface area (Å²) >= 11 is 6.97. The van der Waals surface area contributed by atoms with Crippen molar-refractivity contribution in [2.75, 3.05) is 0 Å². The Balaban J connectivity index is 2.40. The minimum absolute atomic E-state index is 0.167. The third-order valence-corrected chi connectivity index (χ3v) is 3.85. The van der Waals surface area contributed by atoms with Crippen LogP contribution in [0.1, 0.15) is 24.2 Å². The van der Waals surface area contributed by atoms with Crippen molar-refractivity contribution in [2.45, 2.75) is 19.5 Å². The summed E-state index contributed by atoms with van der Waals surface area (Å²) in [6.07, 6.45) is 1.78. The van der Waals surface area contributed by atoms with E-state index in [1.54, 1.807) is 6.20 Å². The van der Waals surface area contributed by atoms with Crippen molar-refractivity contribution in [3.8, 4) is 0 Å². The molecule has 0 amide bonds. The topological polar surface area (TPSA) is 43.8 Å². The molecule has 2 aromatic rings. The quantitative estimate of drug-likeness (QED) is 0.912. The van der Waals surface area contributed by atoms with Gasteiger partial charge in [0.1, 0.15) is 0 Å². The van der Waals surface area contributed by atoms with E-state index >= 15 is 0 Å². The van der Waals surface area contributed by atoms with Gasteiger partial charge in [-0.2, -0.15) is 5.10 Å². The number of aromatic nitrogens is 2. The SMILES string of the molecule is CCn1nccc1C(N)c1ccc(Br)cc1Br. The molecule has 1 unspecified atom stereocenters. The van der Waals surface area contributed by atoms with Crippen LogP contribution in [-0.4, -0.2) is 9.78 Å². The highest BCUT2D eigenvalue weighted by atomic mass is 79.9. The van der Waals surface area contributed by atoms with Crippen LogP contribution in [0.5, 0.6) is 0 Å². The highest BCUT2D eigenvalue weighted by molar-refractivity contribution is 9.11. The second kappa shape index (κ2) is 5.33. The number of nitrogens with two attached hydrogens (primary N) is 1. The molecule has 0 bridgehead atoms. The normalized spacial score (nSPS) is 12.7. The molecule has 0 saturated heterocycles. The van der Waals surface area contributed by atoms with Gasteiger partial charge in [0.25, 0.3) is 0 Å². The Kier molecular flexibility index (Phi) is 4.01. The van der Waals surface area contributed by atoms with Gasteiger partial charge in [0.2, 0.25) is 0 Å². The average Bonchev–Trinajstić information content (AvgIpc) is 2.76. The van der Waals surface area contributed by atoms with Crippen LogP contribution in [0.2, 0.25) is 0 Å². The number of hydrogen-bond donors (Lipinski definition) is 1. The van der Waals surface area contributed by atoms with E-state index in [4.69, 9.17) is 5.73 Å². The number of nitrogens with zero attached hydrogens (tertiary/aromatic N) is 2. The van der Waals surface area contributed by atoms with Crippen molar-refractivity contribution in [1.29, 1.82) is 0 Å². The first kappa shape index (κ1) is 12.8. The third-order valence-electron chi connectivity index (χ3n) is 2.67. The summed E-state index contributed by atoms with van der Waals surface area (Å²) in [6, 6.07) is 7.81. The van der Waals surface area contributed by atoms with E-state index in [0.717, 1.165) is 26.7 Å². The molecular weight excluding hydrogens is 346 g/mol. The van der Waals surface area contributed by atoms with Crippen LogP contribution in [-0.2, 0) is 6.54 Å². The van der Waals surface area contributed by atoms with Gasteiger partial charge < -0.3 is 5.73 Å². The Morgan fingerprint density at radius 3 is 2.76 bits per heavy atom. The fraction of sp³-hybridized carbons (Fsp3) is 0.250. The molecular formula is C12H13Br2N3. The molecule has 1 atom stereocenters. The summed E-state index contributed by atoms with van der Waals surface area (Å²) in [5.74, 6) is 0. The third kappa shape index (κ3) is 2.61. The Bertz CT molecular complexity index is 522. The molecule has 1 aromatic heterocycles. The Hall–Kier alpha value is -0.650. The first-order valence-corrected chi connectivity index (χ1v) is 6.94. The van der Waals surface area contributed by atoms with Gasteiger partial charge in [-0.15, -0.1) is 0 Å². The predicted octanol–water partition coefficient (Wildman–Crippen LogP) is 3.48. The number of hydrogen-bond acceptors (Lipinski definition) is 2. The van der Waals surface area contributed by atoms with Crippen LogP contribution in [0.4, 0.5) is 0 Å². The van der Waals surface area contributed by atoms with E-state index in [2.05, 4.69) is 43.9 Å². The first-order valence-electron chi connectivity index (χ1n) is 5.35. The van der Waals surface area contributed by atoms with E-state index in [1.807, 2.05) is 28.9 Å². The van der Waals surface area contributed by atoms with Crippen LogP contribution in [0, 0.1) is 0 Å². The molecule has 0 saturated carbocycles. The van der Waals surface area contributed by atoms with E-state index < -0.39 is 0 Å². The maximum absolute atomic E-state index is 6.28. The molecule has 0 fully saturated rings. The maximum Gasteiger partial charge on any atom is 0.0734 e. The summed E-state index contributed by atoms with van der Waals surface area (Å²) in [5, 5.41) is 4.24. The molecule has 2 N–H and O–H groups in total. The van der Waals surface area contributed by atoms with Crippen LogP contribution < -0.4 is 5.73 Å². The Morgan fingerprint density at radius 2 is 2.12 bits per heavy atom. The van der Waals surface area contributed by atoms with Crippen LogP contribution in [0.15, 0.2) is 39.4 Å². The van der Waals surface area contributed by atoms with E-state index in [0.29, 0.717) is 0 Å². The molecule has 5 heteroatoms. The molecule has 0 spiro atoms. The number of rotatable bonds is 3. The Labute approximate surface area is 117 Å². The molecule has 0 aliphatic carbocycles. The monoisotopic (exact) mass is 357 g/mol. The lowest BCUT2D eigenvalue weighted by Crippen LogP contribution is -2.17. The number of benzene rings is 1. The minimum Gasteiger partial charge on any atom is -0.319 e. The standard InChI is InChI=1S/C12H13Br2N3/c1-2-17-11(5-6-16-17)12(15)9-4-3-8(13)7-10(9)14/h3-7,12H,2,15H2,1H3. The largest absolute Gasteiger partial charge is 0.319 e.